The van der Waals surface area contributed by atoms with Crippen molar-refractivity contribution in [3.63, 3.8) is 0 Å². The Hall–Kier alpha value is -2.77. The van der Waals surface area contributed by atoms with Crippen molar-refractivity contribution in [1.29, 1.82) is 0 Å². The molecule has 0 fully saturated rings. The first-order chi connectivity index (χ1) is 12.5. The van der Waals surface area contributed by atoms with Gasteiger partial charge in [-0.3, -0.25) is 9.59 Å². The van der Waals surface area contributed by atoms with Gasteiger partial charge in [-0.2, -0.15) is 0 Å². The lowest BCUT2D eigenvalue weighted by atomic mass is 10.2. The third-order valence-electron chi connectivity index (χ3n) is 3.52. The van der Waals surface area contributed by atoms with Gasteiger partial charge in [-0.05, 0) is 36.4 Å². The second kappa shape index (κ2) is 8.07. The molecular formula is C19H15N3O2S2. The second-order valence-electron chi connectivity index (χ2n) is 5.35. The smallest absolute Gasteiger partial charge is 0.274 e. The molecule has 2 amide bonds. The highest BCUT2D eigenvalue weighted by molar-refractivity contribution is 7.80. The van der Waals surface area contributed by atoms with Crippen molar-refractivity contribution < 1.29 is 9.59 Å². The number of nitrogens with one attached hydrogen (secondary N) is 2. The average molecular weight is 381 g/mol. The second-order valence-corrected chi connectivity index (χ2v) is 6.31. The number of thiol groups is 2. The van der Waals surface area contributed by atoms with E-state index in [1.165, 1.54) is 0 Å². The summed E-state index contributed by atoms with van der Waals surface area (Å²) in [4.78, 5) is 30.2. The lowest BCUT2D eigenvalue weighted by Gasteiger charge is -2.09. The fourth-order valence-electron chi connectivity index (χ4n) is 2.22. The van der Waals surface area contributed by atoms with Crippen LogP contribution in [-0.4, -0.2) is 16.8 Å². The van der Waals surface area contributed by atoms with Crippen LogP contribution in [0.2, 0.25) is 0 Å². The van der Waals surface area contributed by atoms with Gasteiger partial charge in [0.15, 0.2) is 0 Å². The molecule has 0 saturated heterocycles. The van der Waals surface area contributed by atoms with Gasteiger partial charge in [0, 0.05) is 9.79 Å². The molecule has 0 atom stereocenters. The fourth-order valence-corrected chi connectivity index (χ4v) is 2.65. The van der Waals surface area contributed by atoms with E-state index in [-0.39, 0.29) is 11.4 Å². The Bertz CT molecular complexity index is 902. The number of hydrogen-bond donors (Lipinski definition) is 4. The topological polar surface area (TPSA) is 71.1 Å². The lowest BCUT2D eigenvalue weighted by Crippen LogP contribution is -2.18. The van der Waals surface area contributed by atoms with Crippen molar-refractivity contribution in [2.75, 3.05) is 10.6 Å². The van der Waals surface area contributed by atoms with E-state index in [0.717, 1.165) is 0 Å². The van der Waals surface area contributed by atoms with Gasteiger partial charge in [-0.15, -0.1) is 25.3 Å². The number of para-hydroxylation sites is 2. The Balaban J connectivity index is 1.77. The molecular weight excluding hydrogens is 366 g/mol. The molecule has 1 heterocycles. The predicted molar refractivity (Wildman–Crippen MR) is 108 cm³/mol. The summed E-state index contributed by atoms with van der Waals surface area (Å²) < 4.78 is 0. The van der Waals surface area contributed by atoms with Crippen LogP contribution in [-0.2, 0) is 0 Å². The quantitative estimate of drug-likeness (QED) is 0.513. The molecule has 3 aromatic rings. The highest BCUT2D eigenvalue weighted by Gasteiger charge is 2.14. The fraction of sp³-hybridized carbons (Fsp3) is 0. The molecule has 130 valence electrons. The first-order valence-corrected chi connectivity index (χ1v) is 8.60. The van der Waals surface area contributed by atoms with Gasteiger partial charge in [-0.25, -0.2) is 4.98 Å². The average Bonchev–Trinajstić information content (AvgIpc) is 2.65. The number of benzene rings is 2. The maximum atomic E-state index is 12.4. The minimum absolute atomic E-state index is 0.133. The van der Waals surface area contributed by atoms with Crippen molar-refractivity contribution in [3.05, 3.63) is 78.1 Å². The number of rotatable bonds is 4. The summed E-state index contributed by atoms with van der Waals surface area (Å²) in [7, 11) is 0. The first-order valence-electron chi connectivity index (χ1n) is 7.70. The zero-order chi connectivity index (χ0) is 18.5. The minimum Gasteiger partial charge on any atom is -0.320 e. The molecule has 2 N–H and O–H groups in total. The summed E-state index contributed by atoms with van der Waals surface area (Å²) in [6, 6.07) is 18.9. The van der Waals surface area contributed by atoms with E-state index in [0.29, 0.717) is 21.2 Å². The van der Waals surface area contributed by atoms with Crippen LogP contribution in [0.5, 0.6) is 0 Å². The number of nitrogens with zero attached hydrogens (tertiary/aromatic N) is 1. The van der Waals surface area contributed by atoms with Gasteiger partial charge in [0.1, 0.15) is 11.4 Å². The summed E-state index contributed by atoms with van der Waals surface area (Å²) in [6.45, 7) is 0. The van der Waals surface area contributed by atoms with Crippen molar-refractivity contribution >= 4 is 48.4 Å². The molecule has 0 aliphatic carbocycles. The van der Waals surface area contributed by atoms with E-state index in [1.807, 2.05) is 12.1 Å². The van der Waals surface area contributed by atoms with E-state index in [1.54, 1.807) is 54.6 Å². The molecule has 0 unspecified atom stereocenters. The number of carbonyl (C=O) groups excluding carboxylic acids is 2. The van der Waals surface area contributed by atoms with Gasteiger partial charge in [0.2, 0.25) is 0 Å². The standard InChI is InChI=1S/C19H15N3O2S2/c23-18(21-12-6-1-3-10-16(12)25)14-8-5-9-15(20-14)19(24)22-13-7-2-4-11-17(13)26/h1-11,25-26H,(H,21,23)(H,22,24). The third kappa shape index (κ3) is 4.25. The van der Waals surface area contributed by atoms with E-state index in [9.17, 15) is 9.59 Å². The molecule has 2 aromatic carbocycles. The van der Waals surface area contributed by atoms with Crippen LogP contribution in [0.25, 0.3) is 0 Å². The molecule has 0 radical (unpaired) electrons. The molecule has 0 aliphatic rings. The Labute approximate surface area is 161 Å². The van der Waals surface area contributed by atoms with Crippen LogP contribution < -0.4 is 10.6 Å². The predicted octanol–water partition coefficient (Wildman–Crippen LogP) is 4.16. The summed E-state index contributed by atoms with van der Waals surface area (Å²) in [5.74, 6) is -0.841. The minimum atomic E-state index is -0.421. The number of hydrogen-bond acceptors (Lipinski definition) is 5. The van der Waals surface area contributed by atoms with Crippen LogP contribution in [0.4, 0.5) is 11.4 Å². The number of carbonyl (C=O) groups is 2. The molecule has 1 aromatic heterocycles. The van der Waals surface area contributed by atoms with Gasteiger partial charge in [0.25, 0.3) is 11.8 Å². The summed E-state index contributed by atoms with van der Waals surface area (Å²) >= 11 is 8.59. The van der Waals surface area contributed by atoms with Crippen LogP contribution in [0.1, 0.15) is 21.0 Å². The molecule has 0 saturated carbocycles. The largest absolute Gasteiger partial charge is 0.320 e. The normalized spacial score (nSPS) is 10.2. The summed E-state index contributed by atoms with van der Waals surface area (Å²) in [5.41, 5.74) is 1.41. The number of aromatic nitrogens is 1. The van der Waals surface area contributed by atoms with E-state index in [2.05, 4.69) is 40.9 Å². The SMILES string of the molecule is O=C(Nc1ccccc1S)c1cccc(C(=O)Nc2ccccc2S)n1. The molecule has 5 nitrogen and oxygen atoms in total. The van der Waals surface area contributed by atoms with Crippen LogP contribution in [0.15, 0.2) is 76.5 Å². The monoisotopic (exact) mass is 381 g/mol. The van der Waals surface area contributed by atoms with Crippen molar-refractivity contribution in [1.82, 2.24) is 4.98 Å². The van der Waals surface area contributed by atoms with E-state index >= 15 is 0 Å². The number of amides is 2. The molecule has 0 aliphatic heterocycles. The van der Waals surface area contributed by atoms with Crippen molar-refractivity contribution in [3.8, 4) is 0 Å². The van der Waals surface area contributed by atoms with Crippen molar-refractivity contribution in [2.45, 2.75) is 9.79 Å². The lowest BCUT2D eigenvalue weighted by molar-refractivity contribution is 0.101. The zero-order valence-electron chi connectivity index (χ0n) is 13.5. The Morgan fingerprint density at radius 1 is 0.654 bits per heavy atom. The van der Waals surface area contributed by atoms with Gasteiger partial charge >= 0.3 is 0 Å². The van der Waals surface area contributed by atoms with E-state index < -0.39 is 11.8 Å². The highest BCUT2D eigenvalue weighted by atomic mass is 32.1. The van der Waals surface area contributed by atoms with Crippen molar-refractivity contribution in [2.24, 2.45) is 0 Å². The van der Waals surface area contributed by atoms with Gasteiger partial charge in [0.05, 0.1) is 11.4 Å². The Morgan fingerprint density at radius 3 is 1.50 bits per heavy atom. The number of anilines is 2. The summed E-state index contributed by atoms with van der Waals surface area (Å²) in [6.07, 6.45) is 0. The molecule has 3 rings (SSSR count). The van der Waals surface area contributed by atoms with Crippen LogP contribution in [0.3, 0.4) is 0 Å². The van der Waals surface area contributed by atoms with Gasteiger partial charge in [-0.1, -0.05) is 30.3 Å². The zero-order valence-corrected chi connectivity index (χ0v) is 15.3. The number of pyridine rings is 1. The maximum absolute atomic E-state index is 12.4. The molecule has 0 bridgehead atoms. The maximum Gasteiger partial charge on any atom is 0.274 e. The van der Waals surface area contributed by atoms with Crippen LogP contribution in [0, 0.1) is 0 Å². The molecule has 7 heteroatoms. The third-order valence-corrected chi connectivity index (χ3v) is 4.30. The first kappa shape index (κ1) is 18.0. The van der Waals surface area contributed by atoms with Gasteiger partial charge < -0.3 is 10.6 Å². The van der Waals surface area contributed by atoms with E-state index in [4.69, 9.17) is 0 Å². The summed E-state index contributed by atoms with van der Waals surface area (Å²) in [5, 5.41) is 5.46. The molecule has 26 heavy (non-hydrogen) atoms. The highest BCUT2D eigenvalue weighted by Crippen LogP contribution is 2.20. The molecule has 0 spiro atoms. The Kier molecular flexibility index (Phi) is 5.60. The van der Waals surface area contributed by atoms with Crippen LogP contribution >= 0.6 is 25.3 Å². The Morgan fingerprint density at radius 2 is 1.08 bits per heavy atom.